The van der Waals surface area contributed by atoms with E-state index in [4.69, 9.17) is 9.15 Å². The Kier molecular flexibility index (Phi) is 5.61. The van der Waals surface area contributed by atoms with E-state index < -0.39 is 0 Å². The summed E-state index contributed by atoms with van der Waals surface area (Å²) in [5, 5.41) is 2.95. The number of benzene rings is 1. The Bertz CT molecular complexity index is 663. The first-order valence-corrected chi connectivity index (χ1v) is 8.31. The number of nitrogens with one attached hydrogen (secondary N) is 1. The summed E-state index contributed by atoms with van der Waals surface area (Å²) in [7, 11) is 0. The Morgan fingerprint density at radius 3 is 2.75 bits per heavy atom. The number of aromatic nitrogens is 1. The lowest BCUT2D eigenvalue weighted by molar-refractivity contribution is -0.120. The van der Waals surface area contributed by atoms with Crippen molar-refractivity contribution >= 4 is 5.91 Å². The van der Waals surface area contributed by atoms with Crippen LogP contribution in [-0.2, 0) is 16.0 Å². The predicted octanol–water partition coefficient (Wildman–Crippen LogP) is 1.64. The van der Waals surface area contributed by atoms with Gasteiger partial charge in [-0.3, -0.25) is 9.69 Å². The molecule has 0 radical (unpaired) electrons. The molecule has 1 aromatic heterocycles. The minimum absolute atomic E-state index is 0.0285. The van der Waals surface area contributed by atoms with Gasteiger partial charge < -0.3 is 14.5 Å². The Morgan fingerprint density at radius 1 is 1.25 bits per heavy atom. The van der Waals surface area contributed by atoms with Crippen molar-refractivity contribution in [2.24, 2.45) is 0 Å². The normalized spacial score (nSPS) is 15.4. The van der Waals surface area contributed by atoms with Gasteiger partial charge >= 0.3 is 0 Å². The van der Waals surface area contributed by atoms with E-state index in [-0.39, 0.29) is 12.3 Å². The van der Waals surface area contributed by atoms with Gasteiger partial charge in [-0.2, -0.15) is 0 Å². The van der Waals surface area contributed by atoms with E-state index in [1.165, 1.54) is 0 Å². The highest BCUT2D eigenvalue weighted by molar-refractivity contribution is 5.78. The Balaban J connectivity index is 1.50. The Hall–Kier alpha value is -2.18. The number of amides is 1. The van der Waals surface area contributed by atoms with Crippen LogP contribution in [-0.4, -0.2) is 55.2 Å². The molecule has 2 aromatic rings. The Labute approximate surface area is 141 Å². The molecule has 6 nitrogen and oxygen atoms in total. The van der Waals surface area contributed by atoms with Gasteiger partial charge in [-0.25, -0.2) is 4.98 Å². The van der Waals surface area contributed by atoms with Gasteiger partial charge in [-0.05, 0) is 19.1 Å². The van der Waals surface area contributed by atoms with Gasteiger partial charge in [0.15, 0.2) is 0 Å². The molecule has 2 heterocycles. The summed E-state index contributed by atoms with van der Waals surface area (Å²) in [4.78, 5) is 18.9. The van der Waals surface area contributed by atoms with E-state index in [1.807, 2.05) is 37.3 Å². The topological polar surface area (TPSA) is 67.6 Å². The van der Waals surface area contributed by atoms with Crippen molar-refractivity contribution in [3.63, 3.8) is 0 Å². The lowest BCUT2D eigenvalue weighted by Crippen LogP contribution is -2.41. The quantitative estimate of drug-likeness (QED) is 0.873. The highest BCUT2D eigenvalue weighted by Crippen LogP contribution is 2.21. The fourth-order valence-corrected chi connectivity index (χ4v) is 2.69. The fraction of sp³-hybridized carbons (Fsp3) is 0.444. The van der Waals surface area contributed by atoms with Crippen molar-refractivity contribution < 1.29 is 13.9 Å². The lowest BCUT2D eigenvalue weighted by Gasteiger charge is -2.26. The summed E-state index contributed by atoms with van der Waals surface area (Å²) in [6, 6.07) is 9.71. The van der Waals surface area contributed by atoms with Gasteiger partial charge in [0.05, 0.1) is 25.3 Å². The van der Waals surface area contributed by atoms with Crippen LogP contribution in [0.15, 0.2) is 34.7 Å². The molecule has 0 bridgehead atoms. The summed E-state index contributed by atoms with van der Waals surface area (Å²) in [6.45, 7) is 6.74. The van der Waals surface area contributed by atoms with Crippen molar-refractivity contribution in [1.29, 1.82) is 0 Å². The number of oxazole rings is 1. The number of carbonyl (C=O) groups is 1. The zero-order valence-electron chi connectivity index (χ0n) is 14.0. The van der Waals surface area contributed by atoms with Crippen molar-refractivity contribution in [3.8, 4) is 11.5 Å². The molecular formula is C18H23N3O3. The zero-order chi connectivity index (χ0) is 16.8. The van der Waals surface area contributed by atoms with E-state index in [1.54, 1.807) is 0 Å². The monoisotopic (exact) mass is 329 g/mol. The number of hydrogen-bond donors (Lipinski definition) is 1. The van der Waals surface area contributed by atoms with Gasteiger partial charge in [0.1, 0.15) is 5.76 Å². The van der Waals surface area contributed by atoms with Gasteiger partial charge in [-0.1, -0.05) is 18.2 Å². The van der Waals surface area contributed by atoms with Crippen LogP contribution in [0.4, 0.5) is 0 Å². The van der Waals surface area contributed by atoms with Gasteiger partial charge in [0.25, 0.3) is 0 Å². The molecular weight excluding hydrogens is 306 g/mol. The number of aryl methyl sites for hydroxylation is 1. The van der Waals surface area contributed by atoms with Crippen LogP contribution < -0.4 is 5.32 Å². The molecule has 128 valence electrons. The molecule has 1 aliphatic heterocycles. The fourth-order valence-electron chi connectivity index (χ4n) is 2.69. The molecule has 0 atom stereocenters. The molecule has 6 heteroatoms. The van der Waals surface area contributed by atoms with Crippen molar-refractivity contribution in [1.82, 2.24) is 15.2 Å². The number of hydrogen-bond acceptors (Lipinski definition) is 5. The molecule has 24 heavy (non-hydrogen) atoms. The van der Waals surface area contributed by atoms with Crippen LogP contribution in [0.1, 0.15) is 11.5 Å². The molecule has 0 spiro atoms. The molecule has 0 unspecified atom stereocenters. The average Bonchev–Trinajstić information content (AvgIpc) is 2.97. The van der Waals surface area contributed by atoms with E-state index in [2.05, 4.69) is 15.2 Å². The molecule has 1 fully saturated rings. The average molecular weight is 329 g/mol. The maximum atomic E-state index is 12.1. The van der Waals surface area contributed by atoms with Gasteiger partial charge in [0, 0.05) is 31.7 Å². The number of morpholine rings is 1. The van der Waals surface area contributed by atoms with Crippen molar-refractivity contribution in [3.05, 3.63) is 41.8 Å². The van der Waals surface area contributed by atoms with E-state index >= 15 is 0 Å². The second-order valence-electron chi connectivity index (χ2n) is 5.87. The van der Waals surface area contributed by atoms with Crippen LogP contribution in [0, 0.1) is 6.92 Å². The number of nitrogens with zero attached hydrogens (tertiary/aromatic N) is 2. The van der Waals surface area contributed by atoms with Gasteiger partial charge in [-0.15, -0.1) is 0 Å². The molecule has 1 aliphatic rings. The van der Waals surface area contributed by atoms with E-state index in [0.717, 1.165) is 38.4 Å². The SMILES string of the molecule is Cc1oc(-c2ccccc2)nc1CC(=O)NCCN1CCOCC1. The summed E-state index contributed by atoms with van der Waals surface area (Å²) in [6.07, 6.45) is 0.241. The van der Waals surface area contributed by atoms with Crippen LogP contribution in [0.3, 0.4) is 0 Å². The smallest absolute Gasteiger partial charge is 0.226 e. The first-order chi connectivity index (χ1) is 11.7. The zero-order valence-corrected chi connectivity index (χ0v) is 14.0. The molecule has 1 amide bonds. The highest BCUT2D eigenvalue weighted by Gasteiger charge is 2.15. The third kappa shape index (κ3) is 4.43. The molecule has 1 saturated heterocycles. The first-order valence-electron chi connectivity index (χ1n) is 8.31. The maximum Gasteiger partial charge on any atom is 0.226 e. The number of ether oxygens (including phenoxy) is 1. The standard InChI is InChI=1S/C18H23N3O3/c1-14-16(20-18(24-14)15-5-3-2-4-6-15)13-17(22)19-7-8-21-9-11-23-12-10-21/h2-6H,7-13H2,1H3,(H,19,22). The second-order valence-corrected chi connectivity index (χ2v) is 5.87. The van der Waals surface area contributed by atoms with Crippen LogP contribution in [0.5, 0.6) is 0 Å². The molecule has 0 saturated carbocycles. The third-order valence-corrected chi connectivity index (χ3v) is 4.10. The molecule has 0 aliphatic carbocycles. The van der Waals surface area contributed by atoms with Crippen LogP contribution in [0.25, 0.3) is 11.5 Å². The number of carbonyl (C=O) groups excluding carboxylic acids is 1. The summed E-state index contributed by atoms with van der Waals surface area (Å²) in [5.41, 5.74) is 1.61. The third-order valence-electron chi connectivity index (χ3n) is 4.10. The number of rotatable bonds is 6. The van der Waals surface area contributed by atoms with Crippen LogP contribution in [0.2, 0.25) is 0 Å². The molecule has 3 rings (SSSR count). The highest BCUT2D eigenvalue weighted by atomic mass is 16.5. The predicted molar refractivity (Wildman–Crippen MR) is 90.6 cm³/mol. The Morgan fingerprint density at radius 2 is 2.00 bits per heavy atom. The summed E-state index contributed by atoms with van der Waals surface area (Å²) < 4.78 is 11.0. The largest absolute Gasteiger partial charge is 0.441 e. The van der Waals surface area contributed by atoms with Crippen molar-refractivity contribution in [2.45, 2.75) is 13.3 Å². The molecule has 1 aromatic carbocycles. The summed E-state index contributed by atoms with van der Waals surface area (Å²) in [5.74, 6) is 1.22. The van der Waals surface area contributed by atoms with E-state index in [0.29, 0.717) is 23.9 Å². The van der Waals surface area contributed by atoms with E-state index in [9.17, 15) is 4.79 Å². The van der Waals surface area contributed by atoms with Crippen LogP contribution >= 0.6 is 0 Å². The lowest BCUT2D eigenvalue weighted by atomic mass is 10.2. The summed E-state index contributed by atoms with van der Waals surface area (Å²) >= 11 is 0. The van der Waals surface area contributed by atoms with Gasteiger partial charge in [0.2, 0.25) is 11.8 Å². The first kappa shape index (κ1) is 16.7. The minimum atomic E-state index is -0.0285. The second kappa shape index (κ2) is 8.08. The minimum Gasteiger partial charge on any atom is -0.441 e. The molecule has 1 N–H and O–H groups in total. The maximum absolute atomic E-state index is 12.1. The van der Waals surface area contributed by atoms with Crippen molar-refractivity contribution in [2.75, 3.05) is 39.4 Å².